The second-order valence-electron chi connectivity index (χ2n) is 8.96. The summed E-state index contributed by atoms with van der Waals surface area (Å²) in [5.74, 6) is 1.47. The van der Waals surface area contributed by atoms with Gasteiger partial charge in [0.15, 0.2) is 0 Å². The first-order chi connectivity index (χ1) is 16.5. The Morgan fingerprint density at radius 1 is 0.941 bits per heavy atom. The molecule has 1 fully saturated rings. The highest BCUT2D eigenvalue weighted by Gasteiger charge is 2.14. The summed E-state index contributed by atoms with van der Waals surface area (Å²) in [5.41, 5.74) is 4.01. The van der Waals surface area contributed by atoms with Crippen molar-refractivity contribution in [1.82, 2.24) is 29.5 Å². The molecule has 4 aromatic rings. The van der Waals surface area contributed by atoms with Gasteiger partial charge in [-0.3, -0.25) is 4.68 Å². The summed E-state index contributed by atoms with van der Waals surface area (Å²) < 4.78 is 2.12. The third kappa shape index (κ3) is 5.38. The Hall–Kier alpha value is -3.00. The summed E-state index contributed by atoms with van der Waals surface area (Å²) >= 11 is 6.01. The Morgan fingerprint density at radius 3 is 2.53 bits per heavy atom. The maximum atomic E-state index is 6.01. The van der Waals surface area contributed by atoms with Crippen LogP contribution < -0.4 is 5.32 Å². The highest BCUT2D eigenvalue weighted by molar-refractivity contribution is 6.30. The number of rotatable bonds is 7. The average Bonchev–Trinajstić information content (AvgIpc) is 3.24. The van der Waals surface area contributed by atoms with Crippen LogP contribution in [-0.4, -0.2) is 69.3 Å². The Balaban J connectivity index is 1.32. The number of hydrogen-bond acceptors (Lipinski definition) is 6. The van der Waals surface area contributed by atoms with E-state index in [0.29, 0.717) is 5.02 Å². The van der Waals surface area contributed by atoms with Gasteiger partial charge in [0.1, 0.15) is 11.6 Å². The number of likely N-dealkylation sites (N-methyl/N-ethyl adjacent to an activating group) is 1. The van der Waals surface area contributed by atoms with Crippen molar-refractivity contribution in [2.45, 2.75) is 19.9 Å². The molecule has 2 aromatic carbocycles. The number of nitrogens with one attached hydrogen (secondary N) is 1. The number of aromatic nitrogens is 4. The van der Waals surface area contributed by atoms with Gasteiger partial charge in [0.2, 0.25) is 0 Å². The molecule has 1 N–H and O–H groups in total. The first-order valence-electron chi connectivity index (χ1n) is 11.8. The normalized spacial score (nSPS) is 15.1. The van der Waals surface area contributed by atoms with E-state index in [9.17, 15) is 0 Å². The molecule has 0 radical (unpaired) electrons. The second-order valence-corrected chi connectivity index (χ2v) is 9.39. The van der Waals surface area contributed by atoms with Crippen molar-refractivity contribution in [3.63, 3.8) is 0 Å². The Morgan fingerprint density at radius 2 is 1.74 bits per heavy atom. The van der Waals surface area contributed by atoms with Crippen LogP contribution in [0.5, 0.6) is 0 Å². The fourth-order valence-corrected chi connectivity index (χ4v) is 4.51. The molecule has 0 aliphatic carbocycles. The zero-order valence-electron chi connectivity index (χ0n) is 19.7. The van der Waals surface area contributed by atoms with Crippen molar-refractivity contribution in [2.75, 3.05) is 45.1 Å². The molecule has 8 heteroatoms. The smallest absolute Gasteiger partial charge is 0.134 e. The van der Waals surface area contributed by atoms with Crippen LogP contribution in [0.4, 0.5) is 11.5 Å². The molecule has 0 saturated carbocycles. The molecule has 0 unspecified atom stereocenters. The van der Waals surface area contributed by atoms with Crippen LogP contribution in [0, 0.1) is 6.92 Å². The molecule has 34 heavy (non-hydrogen) atoms. The zero-order chi connectivity index (χ0) is 23.5. The predicted molar refractivity (Wildman–Crippen MR) is 139 cm³/mol. The van der Waals surface area contributed by atoms with Gasteiger partial charge in [-0.2, -0.15) is 5.10 Å². The van der Waals surface area contributed by atoms with E-state index in [1.165, 1.54) is 0 Å². The fourth-order valence-electron chi connectivity index (χ4n) is 4.38. The first kappa shape index (κ1) is 22.8. The van der Waals surface area contributed by atoms with Crippen LogP contribution in [0.3, 0.4) is 0 Å². The molecular weight excluding hydrogens is 446 g/mol. The second kappa shape index (κ2) is 10.1. The summed E-state index contributed by atoms with van der Waals surface area (Å²) in [6, 6.07) is 16.0. The average molecular weight is 476 g/mol. The molecule has 0 spiro atoms. The van der Waals surface area contributed by atoms with Crippen molar-refractivity contribution >= 4 is 34.0 Å². The lowest BCUT2D eigenvalue weighted by Crippen LogP contribution is -2.44. The van der Waals surface area contributed by atoms with Crippen molar-refractivity contribution < 1.29 is 0 Å². The lowest BCUT2D eigenvalue weighted by molar-refractivity contribution is 0.151. The minimum absolute atomic E-state index is 0.707. The number of benzene rings is 2. The van der Waals surface area contributed by atoms with E-state index in [1.54, 1.807) is 0 Å². The van der Waals surface area contributed by atoms with E-state index in [2.05, 4.69) is 55.1 Å². The topological polar surface area (TPSA) is 62.1 Å². The van der Waals surface area contributed by atoms with Gasteiger partial charge in [0.25, 0.3) is 0 Å². The molecule has 5 rings (SSSR count). The number of halogens is 1. The third-order valence-electron chi connectivity index (χ3n) is 6.34. The van der Waals surface area contributed by atoms with Gasteiger partial charge in [0, 0.05) is 60.4 Å². The molecule has 1 aliphatic rings. The van der Waals surface area contributed by atoms with Crippen molar-refractivity contribution in [1.29, 1.82) is 0 Å². The van der Waals surface area contributed by atoms with E-state index in [4.69, 9.17) is 16.6 Å². The van der Waals surface area contributed by atoms with Gasteiger partial charge in [-0.1, -0.05) is 23.7 Å². The highest BCUT2D eigenvalue weighted by atomic mass is 35.5. The number of nitrogens with zero attached hydrogens (tertiary/aromatic N) is 6. The Kier molecular flexibility index (Phi) is 6.76. The number of hydrogen-bond donors (Lipinski definition) is 1. The monoisotopic (exact) mass is 475 g/mol. The molecule has 0 amide bonds. The van der Waals surface area contributed by atoms with Crippen LogP contribution in [0.2, 0.25) is 5.02 Å². The number of piperazine rings is 1. The molecule has 1 saturated heterocycles. The lowest BCUT2D eigenvalue weighted by atomic mass is 10.1. The summed E-state index contributed by atoms with van der Waals surface area (Å²) in [5, 5.41) is 9.86. The van der Waals surface area contributed by atoms with E-state index in [1.807, 2.05) is 43.5 Å². The number of fused-ring (bicyclic) bond motifs is 1. The van der Waals surface area contributed by atoms with Gasteiger partial charge >= 0.3 is 0 Å². The summed E-state index contributed by atoms with van der Waals surface area (Å²) in [7, 11) is 2.20. The standard InChI is InChI=1S/C26H30ClN7/c1-19-29-24(17-26(30-19)31-23-8-6-22(27)7-9-23)20-4-5-21-18-28-34(25(21)16-20)11-3-10-33-14-12-32(2)13-15-33/h4-9,16-18H,3,10-15H2,1-2H3,(H,29,30,31). The zero-order valence-corrected chi connectivity index (χ0v) is 20.5. The Bertz CT molecular complexity index is 1260. The molecule has 2 aromatic heterocycles. The van der Waals surface area contributed by atoms with E-state index < -0.39 is 0 Å². The minimum atomic E-state index is 0.707. The van der Waals surface area contributed by atoms with Gasteiger partial charge in [-0.15, -0.1) is 0 Å². The van der Waals surface area contributed by atoms with Gasteiger partial charge < -0.3 is 15.1 Å². The molecule has 1 aliphatic heterocycles. The number of anilines is 2. The largest absolute Gasteiger partial charge is 0.340 e. The summed E-state index contributed by atoms with van der Waals surface area (Å²) in [4.78, 5) is 14.2. The molecular formula is C26H30ClN7. The van der Waals surface area contributed by atoms with Gasteiger partial charge in [0.05, 0.1) is 17.4 Å². The van der Waals surface area contributed by atoms with Crippen LogP contribution in [0.1, 0.15) is 12.2 Å². The van der Waals surface area contributed by atoms with E-state index >= 15 is 0 Å². The molecule has 0 atom stereocenters. The van der Waals surface area contributed by atoms with Crippen molar-refractivity contribution in [3.8, 4) is 11.3 Å². The SMILES string of the molecule is Cc1nc(Nc2ccc(Cl)cc2)cc(-c2ccc3cnn(CCCN4CCN(C)CC4)c3c2)n1. The molecule has 176 valence electrons. The highest BCUT2D eigenvalue weighted by Crippen LogP contribution is 2.26. The summed E-state index contributed by atoms with van der Waals surface area (Å²) in [6.45, 7) is 8.55. The van der Waals surface area contributed by atoms with Crippen molar-refractivity contribution in [2.24, 2.45) is 0 Å². The number of aryl methyl sites for hydroxylation is 2. The molecule has 7 nitrogen and oxygen atoms in total. The quantitative estimate of drug-likeness (QED) is 0.413. The minimum Gasteiger partial charge on any atom is -0.340 e. The van der Waals surface area contributed by atoms with Crippen LogP contribution in [-0.2, 0) is 6.54 Å². The Labute approximate surface area is 205 Å². The van der Waals surface area contributed by atoms with E-state index in [0.717, 1.165) is 85.2 Å². The first-order valence-corrected chi connectivity index (χ1v) is 12.2. The third-order valence-corrected chi connectivity index (χ3v) is 6.59. The van der Waals surface area contributed by atoms with Crippen LogP contribution >= 0.6 is 11.6 Å². The molecule has 3 heterocycles. The molecule has 0 bridgehead atoms. The van der Waals surface area contributed by atoms with Gasteiger partial charge in [-0.05, 0) is 57.3 Å². The summed E-state index contributed by atoms with van der Waals surface area (Å²) in [6.07, 6.45) is 3.04. The lowest BCUT2D eigenvalue weighted by Gasteiger charge is -2.32. The van der Waals surface area contributed by atoms with Crippen LogP contribution in [0.15, 0.2) is 54.7 Å². The predicted octanol–water partition coefficient (Wildman–Crippen LogP) is 4.84. The fraction of sp³-hybridized carbons (Fsp3) is 0.346. The van der Waals surface area contributed by atoms with Crippen LogP contribution in [0.25, 0.3) is 22.2 Å². The maximum absolute atomic E-state index is 6.01. The van der Waals surface area contributed by atoms with E-state index in [-0.39, 0.29) is 0 Å². The maximum Gasteiger partial charge on any atom is 0.134 e. The van der Waals surface area contributed by atoms with Gasteiger partial charge in [-0.25, -0.2) is 9.97 Å². The van der Waals surface area contributed by atoms with Crippen molar-refractivity contribution in [3.05, 3.63) is 65.6 Å².